The van der Waals surface area contributed by atoms with Crippen LogP contribution in [0.25, 0.3) is 0 Å². The smallest absolute Gasteiger partial charge is 0.124 e. The van der Waals surface area contributed by atoms with Gasteiger partial charge in [-0.25, -0.2) is 4.39 Å². The zero-order valence-electron chi connectivity index (χ0n) is 11.5. The van der Waals surface area contributed by atoms with Gasteiger partial charge < -0.3 is 9.84 Å². The van der Waals surface area contributed by atoms with Gasteiger partial charge in [0.1, 0.15) is 24.8 Å². The predicted molar refractivity (Wildman–Crippen MR) is 80.9 cm³/mol. The number of hydrogen-bond donors (Lipinski definition) is 1. The molecule has 2 rings (SSSR count). The molecule has 0 heterocycles. The van der Waals surface area contributed by atoms with Crippen LogP contribution in [0.1, 0.15) is 16.7 Å². The standard InChI is InChI=1S/C17H14ClFO2/c1-12-4-6-15(18)10-17(12)21-11-14-5-7-16(19)9-13(14)3-2-8-20/h4-7,9-10,20H,8,11H2,1H3. The first-order valence-electron chi connectivity index (χ1n) is 6.37. The van der Waals surface area contributed by atoms with Gasteiger partial charge in [-0.1, -0.05) is 35.6 Å². The highest BCUT2D eigenvalue weighted by atomic mass is 35.5. The van der Waals surface area contributed by atoms with Gasteiger partial charge in [-0.2, -0.15) is 0 Å². The van der Waals surface area contributed by atoms with Crippen LogP contribution in [0.3, 0.4) is 0 Å². The third kappa shape index (κ3) is 4.22. The van der Waals surface area contributed by atoms with E-state index >= 15 is 0 Å². The lowest BCUT2D eigenvalue weighted by Crippen LogP contribution is -2.00. The summed E-state index contributed by atoms with van der Waals surface area (Å²) < 4.78 is 19.0. The first-order valence-corrected chi connectivity index (χ1v) is 6.75. The Balaban J connectivity index is 2.21. The molecule has 0 unspecified atom stereocenters. The molecule has 0 aromatic heterocycles. The summed E-state index contributed by atoms with van der Waals surface area (Å²) in [5.41, 5.74) is 2.21. The average Bonchev–Trinajstić information content (AvgIpc) is 2.47. The maximum atomic E-state index is 13.3. The van der Waals surface area contributed by atoms with E-state index in [-0.39, 0.29) is 19.0 Å². The van der Waals surface area contributed by atoms with E-state index in [0.717, 1.165) is 11.1 Å². The van der Waals surface area contributed by atoms with E-state index in [9.17, 15) is 4.39 Å². The van der Waals surface area contributed by atoms with E-state index in [1.54, 1.807) is 18.2 Å². The molecule has 2 aromatic carbocycles. The second-order valence-corrected chi connectivity index (χ2v) is 4.90. The normalized spacial score (nSPS) is 9.90. The molecule has 0 bridgehead atoms. The van der Waals surface area contributed by atoms with Crippen molar-refractivity contribution in [2.75, 3.05) is 6.61 Å². The molecule has 0 aliphatic heterocycles. The third-order valence-corrected chi connectivity index (χ3v) is 3.14. The van der Waals surface area contributed by atoms with Crippen LogP contribution in [0.2, 0.25) is 5.02 Å². The van der Waals surface area contributed by atoms with Crippen LogP contribution >= 0.6 is 11.6 Å². The summed E-state index contributed by atoms with van der Waals surface area (Å²) in [5.74, 6) is 5.53. The fourth-order valence-electron chi connectivity index (χ4n) is 1.81. The summed E-state index contributed by atoms with van der Waals surface area (Å²) in [4.78, 5) is 0. The van der Waals surface area contributed by atoms with Gasteiger partial charge in [-0.3, -0.25) is 0 Å². The molecule has 0 saturated heterocycles. The number of benzene rings is 2. The predicted octanol–water partition coefficient (Wildman–Crippen LogP) is 3.71. The minimum Gasteiger partial charge on any atom is -0.489 e. The molecule has 2 aromatic rings. The van der Waals surface area contributed by atoms with Crippen LogP contribution in [0.15, 0.2) is 36.4 Å². The Kier molecular flexibility index (Phi) is 5.21. The van der Waals surface area contributed by atoms with E-state index in [1.807, 2.05) is 13.0 Å². The highest BCUT2D eigenvalue weighted by Crippen LogP contribution is 2.24. The fourth-order valence-corrected chi connectivity index (χ4v) is 1.97. The Labute approximate surface area is 128 Å². The molecule has 0 spiro atoms. The van der Waals surface area contributed by atoms with Crippen molar-refractivity contribution in [2.45, 2.75) is 13.5 Å². The van der Waals surface area contributed by atoms with E-state index in [0.29, 0.717) is 16.3 Å². The van der Waals surface area contributed by atoms with Crippen LogP contribution in [0.4, 0.5) is 4.39 Å². The number of rotatable bonds is 3. The molecule has 4 heteroatoms. The molecule has 108 valence electrons. The van der Waals surface area contributed by atoms with Gasteiger partial charge in [0, 0.05) is 16.1 Å². The van der Waals surface area contributed by atoms with Crippen LogP contribution in [0, 0.1) is 24.6 Å². The molecule has 0 aliphatic carbocycles. The summed E-state index contributed by atoms with van der Waals surface area (Å²) >= 11 is 5.94. The number of aliphatic hydroxyl groups excluding tert-OH is 1. The Hall–Kier alpha value is -2.02. The van der Waals surface area contributed by atoms with Crippen molar-refractivity contribution in [1.82, 2.24) is 0 Å². The molecule has 0 fully saturated rings. The number of aryl methyl sites for hydroxylation is 1. The highest BCUT2D eigenvalue weighted by Gasteiger charge is 2.06. The topological polar surface area (TPSA) is 29.5 Å². The molecular weight excluding hydrogens is 291 g/mol. The largest absolute Gasteiger partial charge is 0.489 e. The zero-order valence-corrected chi connectivity index (χ0v) is 12.2. The van der Waals surface area contributed by atoms with Gasteiger partial charge in [-0.05, 0) is 36.8 Å². The van der Waals surface area contributed by atoms with Crippen molar-refractivity contribution < 1.29 is 14.2 Å². The van der Waals surface area contributed by atoms with Crippen molar-refractivity contribution in [3.05, 3.63) is 63.9 Å². The van der Waals surface area contributed by atoms with Gasteiger partial charge in [0.15, 0.2) is 0 Å². The maximum absolute atomic E-state index is 13.3. The second kappa shape index (κ2) is 7.12. The minimum absolute atomic E-state index is 0.247. The van der Waals surface area contributed by atoms with Gasteiger partial charge in [0.25, 0.3) is 0 Å². The molecule has 1 N–H and O–H groups in total. The van der Waals surface area contributed by atoms with Crippen LogP contribution in [-0.2, 0) is 6.61 Å². The van der Waals surface area contributed by atoms with Crippen molar-refractivity contribution in [1.29, 1.82) is 0 Å². The molecule has 0 aliphatic rings. The fraction of sp³-hybridized carbons (Fsp3) is 0.176. The third-order valence-electron chi connectivity index (χ3n) is 2.91. The molecule has 2 nitrogen and oxygen atoms in total. The number of hydrogen-bond acceptors (Lipinski definition) is 2. The molecule has 0 saturated carbocycles. The average molecular weight is 305 g/mol. The summed E-state index contributed by atoms with van der Waals surface area (Å²) in [6, 6.07) is 9.70. The molecule has 0 atom stereocenters. The first kappa shape index (κ1) is 15.4. The summed E-state index contributed by atoms with van der Waals surface area (Å²) in [5, 5.41) is 9.34. The number of halogens is 2. The Morgan fingerprint density at radius 1 is 1.24 bits per heavy atom. The van der Waals surface area contributed by atoms with Gasteiger partial charge >= 0.3 is 0 Å². The summed E-state index contributed by atoms with van der Waals surface area (Å²) in [7, 11) is 0. The quantitative estimate of drug-likeness (QED) is 0.876. The highest BCUT2D eigenvalue weighted by molar-refractivity contribution is 6.30. The first-order chi connectivity index (χ1) is 10.1. The van der Waals surface area contributed by atoms with Crippen LogP contribution < -0.4 is 4.74 Å². The van der Waals surface area contributed by atoms with E-state index in [4.69, 9.17) is 21.4 Å². The van der Waals surface area contributed by atoms with Gasteiger partial charge in [0.2, 0.25) is 0 Å². The van der Waals surface area contributed by atoms with Crippen molar-refractivity contribution >= 4 is 11.6 Å². The summed E-state index contributed by atoms with van der Waals surface area (Å²) in [6.07, 6.45) is 0. The van der Waals surface area contributed by atoms with Gasteiger partial charge in [0.05, 0.1) is 0 Å². The number of ether oxygens (including phenoxy) is 1. The maximum Gasteiger partial charge on any atom is 0.124 e. The molecule has 21 heavy (non-hydrogen) atoms. The van der Waals surface area contributed by atoms with E-state index < -0.39 is 0 Å². The molecule has 0 amide bonds. The van der Waals surface area contributed by atoms with Crippen molar-refractivity contribution in [3.8, 4) is 17.6 Å². The Morgan fingerprint density at radius 2 is 2.05 bits per heavy atom. The lowest BCUT2D eigenvalue weighted by molar-refractivity contribution is 0.303. The Bertz CT molecular complexity index is 702. The number of aliphatic hydroxyl groups is 1. The second-order valence-electron chi connectivity index (χ2n) is 4.46. The zero-order chi connectivity index (χ0) is 15.2. The van der Waals surface area contributed by atoms with E-state index in [2.05, 4.69) is 11.8 Å². The van der Waals surface area contributed by atoms with Crippen molar-refractivity contribution in [2.24, 2.45) is 0 Å². The SMILES string of the molecule is Cc1ccc(Cl)cc1OCc1ccc(F)cc1C#CCO. The lowest BCUT2D eigenvalue weighted by Gasteiger charge is -2.11. The van der Waals surface area contributed by atoms with E-state index in [1.165, 1.54) is 12.1 Å². The van der Waals surface area contributed by atoms with Crippen molar-refractivity contribution in [3.63, 3.8) is 0 Å². The monoisotopic (exact) mass is 304 g/mol. The lowest BCUT2D eigenvalue weighted by atomic mass is 10.1. The minimum atomic E-state index is -0.375. The Morgan fingerprint density at radius 3 is 2.81 bits per heavy atom. The van der Waals surface area contributed by atoms with Gasteiger partial charge in [-0.15, -0.1) is 0 Å². The molecule has 0 radical (unpaired) electrons. The van der Waals surface area contributed by atoms with Crippen LogP contribution in [-0.4, -0.2) is 11.7 Å². The van der Waals surface area contributed by atoms with Crippen LogP contribution in [0.5, 0.6) is 5.75 Å². The molecular formula is C17H14ClFO2. The summed E-state index contributed by atoms with van der Waals surface area (Å²) in [6.45, 7) is 1.89.